The lowest BCUT2D eigenvalue weighted by Gasteiger charge is -2.39. The van der Waals surface area contributed by atoms with Crippen LogP contribution in [0.4, 0.5) is 0 Å². The number of hydrogen-bond donors (Lipinski definition) is 3. The lowest BCUT2D eigenvalue weighted by atomic mass is 9.77. The molecule has 0 aromatic carbocycles. The third-order valence-electron chi connectivity index (χ3n) is 1.58. The van der Waals surface area contributed by atoms with Gasteiger partial charge in [0.2, 0.25) is 0 Å². The normalized spacial score (nSPS) is 41.0. The summed E-state index contributed by atoms with van der Waals surface area (Å²) < 4.78 is 0. The van der Waals surface area contributed by atoms with E-state index in [-0.39, 0.29) is 25.1 Å². The predicted molar refractivity (Wildman–Crippen MR) is 36.5 cm³/mol. The molecule has 1 aliphatic carbocycles. The van der Waals surface area contributed by atoms with Crippen molar-refractivity contribution in [1.82, 2.24) is 0 Å². The molecule has 0 spiro atoms. The van der Waals surface area contributed by atoms with Crippen LogP contribution in [0.15, 0.2) is 0 Å². The fourth-order valence-electron chi connectivity index (χ4n) is 1.05. The summed E-state index contributed by atoms with van der Waals surface area (Å²) in [5, 5.41) is 17.5. The highest BCUT2D eigenvalue weighted by molar-refractivity contribution is 5.85. The Morgan fingerprint density at radius 3 is 2.11 bits per heavy atom. The van der Waals surface area contributed by atoms with Crippen molar-refractivity contribution in [2.24, 2.45) is 5.73 Å². The van der Waals surface area contributed by atoms with Crippen LogP contribution >= 0.6 is 12.4 Å². The Morgan fingerprint density at radius 1 is 1.56 bits per heavy atom. The molecule has 1 fully saturated rings. The molecular formula is C5H12ClNO2. The average molecular weight is 154 g/mol. The van der Waals surface area contributed by atoms with E-state index < -0.39 is 5.60 Å². The minimum Gasteiger partial charge on any atom is -0.393 e. The summed E-state index contributed by atoms with van der Waals surface area (Å²) in [6.07, 6.45) is 1.09. The molecule has 0 aliphatic heterocycles. The van der Waals surface area contributed by atoms with Gasteiger partial charge in [0.15, 0.2) is 0 Å². The van der Waals surface area contributed by atoms with Gasteiger partial charge in [-0.25, -0.2) is 0 Å². The van der Waals surface area contributed by atoms with Gasteiger partial charge in [-0.05, 0) is 12.8 Å². The Kier molecular flexibility index (Phi) is 2.89. The maximum atomic E-state index is 9.06. The topological polar surface area (TPSA) is 66.5 Å². The van der Waals surface area contributed by atoms with Gasteiger partial charge in [0.05, 0.1) is 12.2 Å². The van der Waals surface area contributed by atoms with Gasteiger partial charge in [0, 0.05) is 6.04 Å². The van der Waals surface area contributed by atoms with Gasteiger partial charge in [-0.1, -0.05) is 0 Å². The molecule has 0 amide bonds. The quantitative estimate of drug-likeness (QED) is 0.465. The molecule has 0 radical (unpaired) electrons. The minimum absolute atomic E-state index is 0. The summed E-state index contributed by atoms with van der Waals surface area (Å²) >= 11 is 0. The second-order valence-electron chi connectivity index (χ2n) is 2.55. The first-order valence-corrected chi connectivity index (χ1v) is 2.75. The van der Waals surface area contributed by atoms with Crippen molar-refractivity contribution in [2.45, 2.75) is 24.5 Å². The summed E-state index contributed by atoms with van der Waals surface area (Å²) in [6.45, 7) is -0.152. The van der Waals surface area contributed by atoms with E-state index in [4.69, 9.17) is 15.9 Å². The maximum absolute atomic E-state index is 9.06. The molecule has 0 saturated heterocycles. The molecule has 1 rings (SSSR count). The van der Waals surface area contributed by atoms with Crippen LogP contribution in [0.3, 0.4) is 0 Å². The van der Waals surface area contributed by atoms with E-state index in [0.29, 0.717) is 12.8 Å². The highest BCUT2D eigenvalue weighted by Gasteiger charge is 2.39. The van der Waals surface area contributed by atoms with Gasteiger partial charge in [-0.15, -0.1) is 12.4 Å². The van der Waals surface area contributed by atoms with E-state index in [0.717, 1.165) is 0 Å². The van der Waals surface area contributed by atoms with Crippen molar-refractivity contribution < 1.29 is 10.2 Å². The van der Waals surface area contributed by atoms with E-state index in [9.17, 15) is 0 Å². The van der Waals surface area contributed by atoms with Crippen molar-refractivity contribution in [3.63, 3.8) is 0 Å². The largest absolute Gasteiger partial charge is 0.393 e. The smallest absolute Gasteiger partial charge is 0.0906 e. The Balaban J connectivity index is 0.000000640. The Labute approximate surface area is 60.3 Å². The first-order valence-electron chi connectivity index (χ1n) is 2.75. The first kappa shape index (κ1) is 9.17. The SMILES string of the molecule is Cl.NC1CC(O)(CO)C1. The predicted octanol–water partition coefficient (Wildman–Crippen LogP) is -0.747. The lowest BCUT2D eigenvalue weighted by molar-refractivity contribution is -0.0843. The average Bonchev–Trinajstić information content (AvgIpc) is 1.63. The molecule has 56 valence electrons. The number of nitrogens with two attached hydrogens (primary N) is 1. The molecule has 0 atom stereocenters. The number of aliphatic hydroxyl groups is 2. The molecule has 4 heteroatoms. The maximum Gasteiger partial charge on any atom is 0.0906 e. The Hall–Kier alpha value is 0.170. The zero-order valence-corrected chi connectivity index (χ0v) is 5.90. The lowest BCUT2D eigenvalue weighted by Crippen LogP contribution is -2.53. The molecule has 0 heterocycles. The Bertz CT molecular complexity index is 93.0. The van der Waals surface area contributed by atoms with Gasteiger partial charge < -0.3 is 15.9 Å². The van der Waals surface area contributed by atoms with Gasteiger partial charge in [0.25, 0.3) is 0 Å². The molecule has 1 saturated carbocycles. The van der Waals surface area contributed by atoms with E-state index in [1.807, 2.05) is 0 Å². The van der Waals surface area contributed by atoms with Crippen molar-refractivity contribution in [3.05, 3.63) is 0 Å². The molecule has 4 N–H and O–H groups in total. The first-order chi connectivity index (χ1) is 3.66. The van der Waals surface area contributed by atoms with Crippen molar-refractivity contribution in [2.75, 3.05) is 6.61 Å². The summed E-state index contributed by atoms with van der Waals surface area (Å²) in [5.41, 5.74) is 4.52. The van der Waals surface area contributed by atoms with Gasteiger partial charge in [-0.2, -0.15) is 0 Å². The number of aliphatic hydroxyl groups excluding tert-OH is 1. The Morgan fingerprint density at radius 2 is 2.00 bits per heavy atom. The van der Waals surface area contributed by atoms with Gasteiger partial charge in [-0.3, -0.25) is 0 Å². The van der Waals surface area contributed by atoms with Crippen LogP contribution in [-0.4, -0.2) is 28.5 Å². The van der Waals surface area contributed by atoms with Crippen LogP contribution < -0.4 is 5.73 Å². The van der Waals surface area contributed by atoms with Crippen LogP contribution in [0.2, 0.25) is 0 Å². The summed E-state index contributed by atoms with van der Waals surface area (Å²) in [4.78, 5) is 0. The van der Waals surface area contributed by atoms with Crippen molar-refractivity contribution in [1.29, 1.82) is 0 Å². The van der Waals surface area contributed by atoms with E-state index >= 15 is 0 Å². The third kappa shape index (κ3) is 1.79. The fraction of sp³-hybridized carbons (Fsp3) is 1.00. The molecule has 9 heavy (non-hydrogen) atoms. The number of halogens is 1. The highest BCUT2D eigenvalue weighted by atomic mass is 35.5. The molecule has 1 aliphatic rings. The van der Waals surface area contributed by atoms with E-state index in [1.165, 1.54) is 0 Å². The van der Waals surface area contributed by atoms with E-state index in [2.05, 4.69) is 0 Å². The molecular weight excluding hydrogens is 142 g/mol. The zero-order valence-electron chi connectivity index (χ0n) is 5.08. The second-order valence-corrected chi connectivity index (χ2v) is 2.55. The molecule has 0 bridgehead atoms. The molecule has 0 aromatic heterocycles. The standard InChI is InChI=1S/C5H11NO2.ClH/c6-4-1-5(8,2-4)3-7;/h4,7-8H,1-3,6H2;1H. The van der Waals surface area contributed by atoms with Gasteiger partial charge >= 0.3 is 0 Å². The van der Waals surface area contributed by atoms with Crippen LogP contribution in [0.1, 0.15) is 12.8 Å². The molecule has 0 unspecified atom stereocenters. The van der Waals surface area contributed by atoms with Crippen LogP contribution in [0.25, 0.3) is 0 Å². The van der Waals surface area contributed by atoms with Crippen LogP contribution in [0, 0.1) is 0 Å². The summed E-state index contributed by atoms with van der Waals surface area (Å²) in [6, 6.07) is 0.104. The highest BCUT2D eigenvalue weighted by Crippen LogP contribution is 2.29. The number of rotatable bonds is 1. The molecule has 0 aromatic rings. The van der Waals surface area contributed by atoms with Crippen LogP contribution in [0.5, 0.6) is 0 Å². The monoisotopic (exact) mass is 153 g/mol. The minimum atomic E-state index is -0.834. The third-order valence-corrected chi connectivity index (χ3v) is 1.58. The summed E-state index contributed by atoms with van der Waals surface area (Å²) in [7, 11) is 0. The second kappa shape index (κ2) is 2.84. The zero-order chi connectivity index (χ0) is 6.20. The van der Waals surface area contributed by atoms with Crippen molar-refractivity contribution >= 4 is 12.4 Å². The fourth-order valence-corrected chi connectivity index (χ4v) is 1.05. The molecule has 3 nitrogen and oxygen atoms in total. The van der Waals surface area contributed by atoms with E-state index in [1.54, 1.807) is 0 Å². The van der Waals surface area contributed by atoms with Crippen LogP contribution in [-0.2, 0) is 0 Å². The van der Waals surface area contributed by atoms with Gasteiger partial charge in [0.1, 0.15) is 0 Å². The summed E-state index contributed by atoms with van der Waals surface area (Å²) in [5.74, 6) is 0. The number of hydrogen-bond acceptors (Lipinski definition) is 3. The van der Waals surface area contributed by atoms with Crippen molar-refractivity contribution in [3.8, 4) is 0 Å².